The maximum absolute atomic E-state index is 6.26. The summed E-state index contributed by atoms with van der Waals surface area (Å²) in [4.78, 5) is 4.56. The average molecular weight is 429 g/mol. The topological polar surface area (TPSA) is 126 Å². The highest BCUT2D eigenvalue weighted by molar-refractivity contribution is 6.31. The summed E-state index contributed by atoms with van der Waals surface area (Å²) in [7, 11) is 0. The summed E-state index contributed by atoms with van der Waals surface area (Å²) < 4.78 is 3.09. The molecule has 0 amide bonds. The first kappa shape index (κ1) is 19.1. The second kappa shape index (κ2) is 8.43. The summed E-state index contributed by atoms with van der Waals surface area (Å²) in [5.74, 6) is 0. The fourth-order valence-electron chi connectivity index (χ4n) is 2.90. The molecular weight excluding hydrogens is 415 g/mol. The molecule has 2 heterocycles. The second-order valence-electron chi connectivity index (χ2n) is 5.96. The molecule has 0 saturated heterocycles. The fraction of sp³-hybridized carbons (Fsp3) is 0.118. The van der Waals surface area contributed by atoms with Gasteiger partial charge in [-0.25, -0.2) is 0 Å². The third kappa shape index (κ3) is 4.14. The summed E-state index contributed by atoms with van der Waals surface area (Å²) in [5, 5.41) is 23.8. The minimum Gasteiger partial charge on any atom is -0.326 e. The van der Waals surface area contributed by atoms with E-state index in [1.54, 1.807) is 29.1 Å². The Morgan fingerprint density at radius 1 is 0.931 bits per heavy atom. The van der Waals surface area contributed by atoms with Gasteiger partial charge in [0.15, 0.2) is 0 Å². The van der Waals surface area contributed by atoms with Crippen molar-refractivity contribution in [2.45, 2.75) is 13.1 Å². The number of nitrogens with two attached hydrogens (primary N) is 1. The molecular formula is C17H14Cl2N10. The molecule has 0 atom stereocenters. The summed E-state index contributed by atoms with van der Waals surface area (Å²) in [5.41, 5.74) is 9.79. The largest absolute Gasteiger partial charge is 0.326 e. The molecule has 146 valence electrons. The van der Waals surface area contributed by atoms with Crippen molar-refractivity contribution in [2.24, 2.45) is 10.7 Å². The summed E-state index contributed by atoms with van der Waals surface area (Å²) in [6, 6.07) is 8.97. The molecule has 0 spiro atoms. The van der Waals surface area contributed by atoms with E-state index < -0.39 is 0 Å². The number of benzene rings is 2. The number of nitrogens with zero attached hydrogens (tertiary/aromatic N) is 9. The Bertz CT molecular complexity index is 1140. The highest BCUT2D eigenvalue weighted by atomic mass is 35.5. The molecule has 12 heteroatoms. The third-order valence-electron chi connectivity index (χ3n) is 4.11. The van der Waals surface area contributed by atoms with Gasteiger partial charge in [0.25, 0.3) is 0 Å². The molecule has 0 aliphatic heterocycles. The van der Waals surface area contributed by atoms with E-state index in [1.807, 2.05) is 12.1 Å². The molecule has 4 rings (SSSR count). The monoisotopic (exact) mass is 428 g/mol. The quantitative estimate of drug-likeness (QED) is 0.465. The van der Waals surface area contributed by atoms with Crippen molar-refractivity contribution < 1.29 is 0 Å². The highest BCUT2D eigenvalue weighted by Gasteiger charge is 2.13. The minimum absolute atomic E-state index is 0.282. The van der Waals surface area contributed by atoms with E-state index in [9.17, 15) is 0 Å². The Hall–Kier alpha value is -3.21. The van der Waals surface area contributed by atoms with Gasteiger partial charge in [0.05, 0.1) is 17.9 Å². The second-order valence-corrected chi connectivity index (χ2v) is 6.83. The maximum atomic E-state index is 6.26. The number of aliphatic imine (C=N–C) groups is 1. The molecule has 0 bridgehead atoms. The summed E-state index contributed by atoms with van der Waals surface area (Å²) in [6.45, 7) is 0.606. The van der Waals surface area contributed by atoms with Crippen LogP contribution in [0.3, 0.4) is 0 Å². The van der Waals surface area contributed by atoms with Crippen LogP contribution in [0.15, 0.2) is 48.0 Å². The lowest BCUT2D eigenvalue weighted by Crippen LogP contribution is -2.09. The minimum atomic E-state index is 0.282. The van der Waals surface area contributed by atoms with Crippen LogP contribution in [0.25, 0.3) is 11.4 Å². The number of halogens is 2. The lowest BCUT2D eigenvalue weighted by Gasteiger charge is -2.12. The van der Waals surface area contributed by atoms with E-state index in [0.717, 1.165) is 28.1 Å². The number of hydrogen-bond acceptors (Lipinski definition) is 8. The van der Waals surface area contributed by atoms with Crippen LogP contribution >= 0.6 is 23.2 Å². The molecule has 2 N–H and O–H groups in total. The first-order chi connectivity index (χ1) is 14.2. The standard InChI is InChI=1S/C17H14Cl2N10/c18-14-1-2-16(28-9-22-24-26-28)12(4-14)7-21-8-13-5-15(19)3-11(6-20)17(13)29-10-23-25-27-29/h1-5,7,9-10H,6,8,20H2. The van der Waals surface area contributed by atoms with Crippen LogP contribution in [0.2, 0.25) is 10.0 Å². The highest BCUT2D eigenvalue weighted by Crippen LogP contribution is 2.25. The van der Waals surface area contributed by atoms with Crippen molar-refractivity contribution in [3.05, 3.63) is 69.7 Å². The average Bonchev–Trinajstić information content (AvgIpc) is 3.42. The first-order valence-electron chi connectivity index (χ1n) is 8.43. The normalized spacial score (nSPS) is 11.4. The molecule has 0 aliphatic rings. The van der Waals surface area contributed by atoms with Gasteiger partial charge >= 0.3 is 0 Å². The first-order valence-corrected chi connectivity index (χ1v) is 9.19. The third-order valence-corrected chi connectivity index (χ3v) is 4.56. The zero-order valence-corrected chi connectivity index (χ0v) is 16.4. The van der Waals surface area contributed by atoms with E-state index in [-0.39, 0.29) is 6.54 Å². The lowest BCUT2D eigenvalue weighted by atomic mass is 10.1. The zero-order chi connectivity index (χ0) is 20.2. The number of tetrazole rings is 2. The molecule has 2 aromatic heterocycles. The van der Waals surface area contributed by atoms with Gasteiger partial charge in [0.1, 0.15) is 12.7 Å². The summed E-state index contributed by atoms with van der Waals surface area (Å²) >= 11 is 12.4. The van der Waals surface area contributed by atoms with E-state index in [1.165, 1.54) is 17.3 Å². The molecule has 0 saturated carbocycles. The van der Waals surface area contributed by atoms with Crippen LogP contribution in [0.1, 0.15) is 16.7 Å². The summed E-state index contributed by atoms with van der Waals surface area (Å²) in [6.07, 6.45) is 4.71. The van der Waals surface area contributed by atoms with E-state index >= 15 is 0 Å². The molecule has 0 aliphatic carbocycles. The molecule has 29 heavy (non-hydrogen) atoms. The van der Waals surface area contributed by atoms with Crippen LogP contribution in [-0.2, 0) is 13.1 Å². The molecule has 2 aromatic carbocycles. The molecule has 4 aromatic rings. The Morgan fingerprint density at radius 2 is 1.66 bits per heavy atom. The SMILES string of the molecule is NCc1cc(Cl)cc(CN=Cc2cc(Cl)ccc2-n2cnnn2)c1-n1cnnn1. The lowest BCUT2D eigenvalue weighted by molar-refractivity contribution is 0.770. The van der Waals surface area contributed by atoms with Crippen molar-refractivity contribution in [2.75, 3.05) is 0 Å². The fourth-order valence-corrected chi connectivity index (χ4v) is 3.35. The van der Waals surface area contributed by atoms with Gasteiger partial charge in [-0.1, -0.05) is 23.2 Å². The smallest absolute Gasteiger partial charge is 0.143 e. The van der Waals surface area contributed by atoms with Crippen LogP contribution in [0.5, 0.6) is 0 Å². The Balaban J connectivity index is 1.69. The van der Waals surface area contributed by atoms with Gasteiger partial charge in [0, 0.05) is 33.9 Å². The van der Waals surface area contributed by atoms with Crippen molar-refractivity contribution in [1.82, 2.24) is 40.4 Å². The van der Waals surface area contributed by atoms with Gasteiger partial charge < -0.3 is 5.73 Å². The number of hydrogen-bond donors (Lipinski definition) is 1. The van der Waals surface area contributed by atoms with Gasteiger partial charge in [0.2, 0.25) is 0 Å². The van der Waals surface area contributed by atoms with Crippen LogP contribution in [-0.4, -0.2) is 46.6 Å². The van der Waals surface area contributed by atoms with Crippen LogP contribution in [0, 0.1) is 0 Å². The Kier molecular flexibility index (Phi) is 5.56. The number of aromatic nitrogens is 8. The van der Waals surface area contributed by atoms with E-state index in [4.69, 9.17) is 28.9 Å². The van der Waals surface area contributed by atoms with E-state index in [2.05, 4.69) is 36.0 Å². The van der Waals surface area contributed by atoms with Crippen molar-refractivity contribution in [1.29, 1.82) is 0 Å². The van der Waals surface area contributed by atoms with Crippen molar-refractivity contribution in [3.8, 4) is 11.4 Å². The van der Waals surface area contributed by atoms with Crippen molar-refractivity contribution >= 4 is 29.4 Å². The molecule has 10 nitrogen and oxygen atoms in total. The molecule has 0 fully saturated rings. The van der Waals surface area contributed by atoms with Gasteiger partial charge in [-0.15, -0.1) is 10.2 Å². The van der Waals surface area contributed by atoms with Crippen LogP contribution < -0.4 is 5.73 Å². The maximum Gasteiger partial charge on any atom is 0.143 e. The van der Waals surface area contributed by atoms with Crippen LogP contribution in [0.4, 0.5) is 0 Å². The van der Waals surface area contributed by atoms with E-state index in [0.29, 0.717) is 16.6 Å². The Morgan fingerprint density at radius 3 is 2.34 bits per heavy atom. The predicted octanol–water partition coefficient (Wildman–Crippen LogP) is 2.02. The number of rotatable bonds is 6. The zero-order valence-electron chi connectivity index (χ0n) is 14.9. The van der Waals surface area contributed by atoms with Gasteiger partial charge in [-0.05, 0) is 56.7 Å². The van der Waals surface area contributed by atoms with Crippen molar-refractivity contribution in [3.63, 3.8) is 0 Å². The molecule has 0 unspecified atom stereocenters. The van der Waals surface area contributed by atoms with Gasteiger partial charge in [-0.2, -0.15) is 9.36 Å². The van der Waals surface area contributed by atoms with Gasteiger partial charge in [-0.3, -0.25) is 4.99 Å². The molecule has 0 radical (unpaired) electrons. The predicted molar refractivity (Wildman–Crippen MR) is 108 cm³/mol. The Labute approximate surface area is 175 Å².